The third-order valence-corrected chi connectivity index (χ3v) is 5.50. The second kappa shape index (κ2) is 8.45. The van der Waals surface area contributed by atoms with E-state index in [9.17, 15) is 13.6 Å². The van der Waals surface area contributed by atoms with E-state index < -0.39 is 11.6 Å². The van der Waals surface area contributed by atoms with Gasteiger partial charge in [0.05, 0.1) is 13.2 Å². The summed E-state index contributed by atoms with van der Waals surface area (Å²) in [5.74, 6) is -1.11. The Kier molecular flexibility index (Phi) is 6.20. The van der Waals surface area contributed by atoms with E-state index in [0.717, 1.165) is 23.9 Å². The van der Waals surface area contributed by atoms with Gasteiger partial charge in [0.1, 0.15) is 5.75 Å². The van der Waals surface area contributed by atoms with Gasteiger partial charge in [-0.15, -0.1) is 12.4 Å². The number of para-hydroxylation sites is 1. The van der Waals surface area contributed by atoms with Crippen molar-refractivity contribution in [2.24, 2.45) is 5.92 Å². The fourth-order valence-electron chi connectivity index (χ4n) is 3.98. The highest BCUT2D eigenvalue weighted by molar-refractivity contribution is 5.85. The monoisotopic (exact) mass is 408 g/mol. The van der Waals surface area contributed by atoms with Crippen molar-refractivity contribution >= 4 is 18.3 Å². The lowest BCUT2D eigenvalue weighted by atomic mass is 10.0. The molecule has 4 nitrogen and oxygen atoms in total. The predicted octanol–water partition coefficient (Wildman–Crippen LogP) is 3.67. The van der Waals surface area contributed by atoms with Gasteiger partial charge in [0, 0.05) is 31.1 Å². The van der Waals surface area contributed by atoms with Crippen LogP contribution < -0.4 is 10.1 Å². The molecular formula is C21H23ClF2N2O2. The molecule has 1 aliphatic heterocycles. The number of hydrogen-bond donors (Lipinski definition) is 1. The van der Waals surface area contributed by atoms with Crippen LogP contribution in [0.4, 0.5) is 8.78 Å². The first kappa shape index (κ1) is 20.6. The molecule has 1 saturated carbocycles. The van der Waals surface area contributed by atoms with E-state index in [1.807, 2.05) is 29.2 Å². The smallest absolute Gasteiger partial charge is 0.226 e. The van der Waals surface area contributed by atoms with Crippen molar-refractivity contribution in [3.05, 3.63) is 65.2 Å². The van der Waals surface area contributed by atoms with Gasteiger partial charge in [-0.05, 0) is 36.1 Å². The summed E-state index contributed by atoms with van der Waals surface area (Å²) in [6.07, 6.45) is 0.673. The first-order valence-corrected chi connectivity index (χ1v) is 9.19. The average Bonchev–Trinajstić information content (AvgIpc) is 3.50. The third kappa shape index (κ3) is 3.84. The van der Waals surface area contributed by atoms with Gasteiger partial charge in [0.15, 0.2) is 11.6 Å². The van der Waals surface area contributed by atoms with Gasteiger partial charge in [-0.25, -0.2) is 8.78 Å². The third-order valence-electron chi connectivity index (χ3n) is 5.50. The van der Waals surface area contributed by atoms with Crippen LogP contribution in [0.15, 0.2) is 42.5 Å². The zero-order chi connectivity index (χ0) is 19.0. The van der Waals surface area contributed by atoms with Crippen LogP contribution in [0.1, 0.15) is 29.5 Å². The largest absolute Gasteiger partial charge is 0.496 e. The van der Waals surface area contributed by atoms with Gasteiger partial charge in [0.25, 0.3) is 0 Å². The van der Waals surface area contributed by atoms with Crippen LogP contribution >= 0.6 is 12.4 Å². The number of nitrogens with zero attached hydrogens (tertiary/aromatic N) is 1. The summed E-state index contributed by atoms with van der Waals surface area (Å²) in [4.78, 5) is 15.1. The van der Waals surface area contributed by atoms with Crippen molar-refractivity contribution < 1.29 is 18.3 Å². The minimum atomic E-state index is -0.861. The molecule has 1 heterocycles. The quantitative estimate of drug-likeness (QED) is 0.839. The van der Waals surface area contributed by atoms with E-state index in [1.165, 1.54) is 6.07 Å². The average molecular weight is 409 g/mol. The Hall–Kier alpha value is -2.18. The van der Waals surface area contributed by atoms with Gasteiger partial charge in [-0.3, -0.25) is 4.79 Å². The number of benzene rings is 2. The number of carbonyl (C=O) groups is 1. The maximum absolute atomic E-state index is 13.5. The standard InChI is InChI=1S/C21H22F2N2O2.ClH/c1-27-20-5-3-2-4-14(20)19-12-24-8-9-25(19)21(26)16-11-15(16)13-6-7-17(22)18(23)10-13;/h2-7,10,15-16,19,24H,8-9,11-12H2,1H3;1H. The van der Waals surface area contributed by atoms with E-state index in [4.69, 9.17) is 4.74 Å². The summed E-state index contributed by atoms with van der Waals surface area (Å²) in [5.41, 5.74) is 1.67. The lowest BCUT2D eigenvalue weighted by Gasteiger charge is -2.37. The van der Waals surface area contributed by atoms with Crippen LogP contribution in [0, 0.1) is 17.6 Å². The number of piperazine rings is 1. The molecule has 7 heteroatoms. The van der Waals surface area contributed by atoms with Gasteiger partial charge in [0.2, 0.25) is 5.91 Å². The fraction of sp³-hybridized carbons (Fsp3) is 0.381. The van der Waals surface area contributed by atoms with Crippen LogP contribution in [0.5, 0.6) is 5.75 Å². The summed E-state index contributed by atoms with van der Waals surface area (Å²) in [5, 5.41) is 3.34. The summed E-state index contributed by atoms with van der Waals surface area (Å²) >= 11 is 0. The molecule has 28 heavy (non-hydrogen) atoms. The normalized spacial score (nSPS) is 23.7. The second-order valence-electron chi connectivity index (χ2n) is 7.12. The Morgan fingerprint density at radius 3 is 2.71 bits per heavy atom. The molecule has 0 spiro atoms. The van der Waals surface area contributed by atoms with Crippen molar-refractivity contribution in [2.75, 3.05) is 26.7 Å². The van der Waals surface area contributed by atoms with E-state index in [-0.39, 0.29) is 36.2 Å². The zero-order valence-corrected chi connectivity index (χ0v) is 16.3. The Morgan fingerprint density at radius 2 is 1.96 bits per heavy atom. The molecule has 3 atom stereocenters. The molecule has 1 N–H and O–H groups in total. The Morgan fingerprint density at radius 1 is 1.18 bits per heavy atom. The van der Waals surface area contributed by atoms with Crippen molar-refractivity contribution in [2.45, 2.75) is 18.4 Å². The fourth-order valence-corrected chi connectivity index (χ4v) is 3.98. The number of rotatable bonds is 4. The molecule has 1 aliphatic carbocycles. The van der Waals surface area contributed by atoms with Crippen molar-refractivity contribution in [1.29, 1.82) is 0 Å². The zero-order valence-electron chi connectivity index (χ0n) is 15.5. The molecule has 2 fully saturated rings. The van der Waals surface area contributed by atoms with E-state index in [2.05, 4.69) is 5.32 Å². The SMILES string of the molecule is COc1ccccc1C1CNCCN1C(=O)C1CC1c1ccc(F)c(F)c1.Cl. The van der Waals surface area contributed by atoms with E-state index in [1.54, 1.807) is 13.2 Å². The number of nitrogens with one attached hydrogen (secondary N) is 1. The molecule has 0 aromatic heterocycles. The highest BCUT2D eigenvalue weighted by atomic mass is 35.5. The number of hydrogen-bond acceptors (Lipinski definition) is 3. The van der Waals surface area contributed by atoms with Crippen LogP contribution in [-0.4, -0.2) is 37.6 Å². The molecular weight excluding hydrogens is 386 g/mol. The molecule has 150 valence electrons. The van der Waals surface area contributed by atoms with Gasteiger partial charge >= 0.3 is 0 Å². The Bertz CT molecular complexity index is 864. The van der Waals surface area contributed by atoms with Crippen molar-refractivity contribution in [3.8, 4) is 5.75 Å². The number of ether oxygens (including phenoxy) is 1. The maximum Gasteiger partial charge on any atom is 0.226 e. The molecule has 1 saturated heterocycles. The van der Waals surface area contributed by atoms with Gasteiger partial charge in [-0.1, -0.05) is 24.3 Å². The summed E-state index contributed by atoms with van der Waals surface area (Å²) in [6, 6.07) is 11.5. The summed E-state index contributed by atoms with van der Waals surface area (Å²) in [6.45, 7) is 2.01. The second-order valence-corrected chi connectivity index (χ2v) is 7.12. The minimum absolute atomic E-state index is 0. The highest BCUT2D eigenvalue weighted by Gasteiger charge is 2.47. The molecule has 2 aliphatic rings. The Balaban J connectivity index is 0.00000225. The van der Waals surface area contributed by atoms with E-state index in [0.29, 0.717) is 25.1 Å². The lowest BCUT2D eigenvalue weighted by molar-refractivity contribution is -0.136. The van der Waals surface area contributed by atoms with Crippen LogP contribution in [0.2, 0.25) is 0 Å². The molecule has 3 unspecified atom stereocenters. The number of methoxy groups -OCH3 is 1. The topological polar surface area (TPSA) is 41.6 Å². The van der Waals surface area contributed by atoms with Crippen molar-refractivity contribution in [3.63, 3.8) is 0 Å². The van der Waals surface area contributed by atoms with Gasteiger partial charge in [-0.2, -0.15) is 0 Å². The molecule has 4 rings (SSSR count). The maximum atomic E-state index is 13.5. The first-order valence-electron chi connectivity index (χ1n) is 9.19. The van der Waals surface area contributed by atoms with E-state index >= 15 is 0 Å². The summed E-state index contributed by atoms with van der Waals surface area (Å²) in [7, 11) is 1.63. The van der Waals surface area contributed by atoms with Gasteiger partial charge < -0.3 is 15.0 Å². The Labute approximate surface area is 169 Å². The molecule has 2 aromatic carbocycles. The van der Waals surface area contributed by atoms with Crippen LogP contribution in [0.3, 0.4) is 0 Å². The molecule has 1 amide bonds. The molecule has 0 bridgehead atoms. The highest BCUT2D eigenvalue weighted by Crippen LogP contribution is 2.49. The first-order chi connectivity index (χ1) is 13.1. The summed E-state index contributed by atoms with van der Waals surface area (Å²) < 4.78 is 32.2. The minimum Gasteiger partial charge on any atom is -0.496 e. The molecule has 0 radical (unpaired) electrons. The number of halogens is 3. The van der Waals surface area contributed by atoms with Crippen molar-refractivity contribution in [1.82, 2.24) is 10.2 Å². The van der Waals surface area contributed by atoms with Crippen LogP contribution in [-0.2, 0) is 4.79 Å². The lowest BCUT2D eigenvalue weighted by Crippen LogP contribution is -2.49. The molecule has 2 aromatic rings. The number of amides is 1. The van der Waals surface area contributed by atoms with Crippen LogP contribution in [0.25, 0.3) is 0 Å². The number of carbonyl (C=O) groups excluding carboxylic acids is 1. The predicted molar refractivity (Wildman–Crippen MR) is 105 cm³/mol.